The van der Waals surface area contributed by atoms with Gasteiger partial charge in [-0.1, -0.05) is 85.6 Å². The lowest BCUT2D eigenvalue weighted by molar-refractivity contribution is 0.630. The summed E-state index contributed by atoms with van der Waals surface area (Å²) in [6.07, 6.45) is 0. The van der Waals surface area contributed by atoms with Gasteiger partial charge in [0.2, 0.25) is 0 Å². The first kappa shape index (κ1) is 19.6. The predicted octanol–water partition coefficient (Wildman–Crippen LogP) is 8.86. The largest absolute Gasteiger partial charge is 0.309 e. The van der Waals surface area contributed by atoms with Gasteiger partial charge < -0.3 is 4.57 Å². The second-order valence-corrected chi connectivity index (χ2v) is 10.4. The van der Waals surface area contributed by atoms with Crippen LogP contribution in [0.3, 0.4) is 0 Å². The maximum Gasteiger partial charge on any atom is 0.0582 e. The molecule has 0 bridgehead atoms. The number of fused-ring (bicyclic) bond motifs is 6. The molecule has 0 spiro atoms. The van der Waals surface area contributed by atoms with Gasteiger partial charge in [0.05, 0.1) is 16.7 Å². The van der Waals surface area contributed by atoms with Crippen LogP contribution in [0, 0.1) is 13.8 Å². The van der Waals surface area contributed by atoms with Crippen LogP contribution in [0.1, 0.15) is 36.1 Å². The summed E-state index contributed by atoms with van der Waals surface area (Å²) in [6.45, 7) is 9.19. The Kier molecular flexibility index (Phi) is 3.81. The molecule has 1 nitrogen and oxygen atoms in total. The molecule has 0 N–H and O–H groups in total. The maximum absolute atomic E-state index is 2.51. The highest BCUT2D eigenvalue weighted by atomic mass is 15.0. The zero-order valence-electron chi connectivity index (χ0n) is 20.1. The highest BCUT2D eigenvalue weighted by Gasteiger charge is 2.35. The number of aromatic nitrogens is 1. The summed E-state index contributed by atoms with van der Waals surface area (Å²) >= 11 is 0. The Morgan fingerprint density at radius 2 is 1.41 bits per heavy atom. The molecular formula is C33H27N. The summed E-state index contributed by atoms with van der Waals surface area (Å²) in [7, 11) is 0. The van der Waals surface area contributed by atoms with Gasteiger partial charge in [0.25, 0.3) is 0 Å². The topological polar surface area (TPSA) is 4.93 Å². The van der Waals surface area contributed by atoms with Gasteiger partial charge in [-0.15, -0.1) is 0 Å². The fourth-order valence-corrected chi connectivity index (χ4v) is 6.15. The molecular weight excluding hydrogens is 410 g/mol. The van der Waals surface area contributed by atoms with Crippen LogP contribution in [0.15, 0.2) is 91.0 Å². The summed E-state index contributed by atoms with van der Waals surface area (Å²) in [4.78, 5) is 0. The van der Waals surface area contributed by atoms with Crippen LogP contribution in [0.2, 0.25) is 0 Å². The number of hydrogen-bond acceptors (Lipinski definition) is 0. The van der Waals surface area contributed by atoms with E-state index >= 15 is 0 Å². The zero-order chi connectivity index (χ0) is 23.2. The van der Waals surface area contributed by atoms with Crippen molar-refractivity contribution in [3.63, 3.8) is 0 Å². The number of benzene rings is 5. The Morgan fingerprint density at radius 3 is 2.29 bits per heavy atom. The van der Waals surface area contributed by atoms with E-state index in [4.69, 9.17) is 0 Å². The van der Waals surface area contributed by atoms with E-state index in [1.807, 2.05) is 0 Å². The van der Waals surface area contributed by atoms with Crippen molar-refractivity contribution in [2.75, 3.05) is 0 Å². The van der Waals surface area contributed by atoms with Crippen molar-refractivity contribution in [1.82, 2.24) is 4.57 Å². The average Bonchev–Trinajstić information content (AvgIpc) is 3.15. The molecule has 0 amide bonds. The van der Waals surface area contributed by atoms with Crippen molar-refractivity contribution in [2.24, 2.45) is 0 Å². The number of hydrogen-bond donors (Lipinski definition) is 0. The molecule has 5 aromatic carbocycles. The zero-order valence-corrected chi connectivity index (χ0v) is 20.1. The molecule has 1 aliphatic rings. The van der Waals surface area contributed by atoms with Gasteiger partial charge in [0, 0.05) is 16.2 Å². The molecule has 0 saturated carbocycles. The van der Waals surface area contributed by atoms with Crippen molar-refractivity contribution in [1.29, 1.82) is 0 Å². The quantitative estimate of drug-likeness (QED) is 0.242. The first-order valence-corrected chi connectivity index (χ1v) is 12.1. The third kappa shape index (κ3) is 2.50. The van der Waals surface area contributed by atoms with Crippen molar-refractivity contribution < 1.29 is 0 Å². The van der Waals surface area contributed by atoms with E-state index in [1.54, 1.807) is 0 Å². The van der Waals surface area contributed by atoms with E-state index in [9.17, 15) is 0 Å². The van der Waals surface area contributed by atoms with Crippen molar-refractivity contribution in [3.05, 3.63) is 113 Å². The fourth-order valence-electron chi connectivity index (χ4n) is 6.15. The Bertz CT molecular complexity index is 1790. The number of nitrogens with zero attached hydrogens (tertiary/aromatic N) is 1. The minimum Gasteiger partial charge on any atom is -0.309 e. The average molecular weight is 438 g/mol. The standard InChI is InChI=1S/C33H27N/c1-20-12-14-30-26(16-20)27-17-21(2)18-29-32(27)34(30)31-15-13-23(19-28(31)33(29,3)4)25-11-7-9-22-8-5-6-10-24(22)25/h5-19H,1-4H3. The summed E-state index contributed by atoms with van der Waals surface area (Å²) in [5.41, 5.74) is 11.9. The second kappa shape index (κ2) is 6.61. The molecule has 1 aliphatic heterocycles. The maximum atomic E-state index is 2.51. The van der Waals surface area contributed by atoms with Crippen LogP contribution < -0.4 is 0 Å². The molecule has 0 aliphatic carbocycles. The normalized spacial score (nSPS) is 14.1. The van der Waals surface area contributed by atoms with E-state index in [0.717, 1.165) is 0 Å². The number of rotatable bonds is 1. The van der Waals surface area contributed by atoms with E-state index in [1.165, 1.54) is 71.6 Å². The molecule has 34 heavy (non-hydrogen) atoms. The minimum absolute atomic E-state index is 0.0976. The third-order valence-electron chi connectivity index (χ3n) is 7.85. The summed E-state index contributed by atoms with van der Waals surface area (Å²) < 4.78 is 2.51. The first-order chi connectivity index (χ1) is 16.4. The van der Waals surface area contributed by atoms with E-state index < -0.39 is 0 Å². The molecule has 7 rings (SSSR count). The predicted molar refractivity (Wildman–Crippen MR) is 145 cm³/mol. The van der Waals surface area contributed by atoms with Gasteiger partial charge in [-0.05, 0) is 77.2 Å². The highest BCUT2D eigenvalue weighted by Crippen LogP contribution is 2.49. The third-order valence-corrected chi connectivity index (χ3v) is 7.85. The minimum atomic E-state index is -0.0976. The molecule has 6 aromatic rings. The van der Waals surface area contributed by atoms with Gasteiger partial charge in [0.15, 0.2) is 0 Å². The molecule has 1 heteroatoms. The smallest absolute Gasteiger partial charge is 0.0582 e. The summed E-state index contributed by atoms with van der Waals surface area (Å²) in [5, 5.41) is 5.30. The van der Waals surface area contributed by atoms with Gasteiger partial charge in [-0.2, -0.15) is 0 Å². The second-order valence-electron chi connectivity index (χ2n) is 10.4. The van der Waals surface area contributed by atoms with Crippen LogP contribution in [-0.2, 0) is 5.41 Å². The van der Waals surface area contributed by atoms with Crippen molar-refractivity contribution in [3.8, 4) is 16.8 Å². The lowest BCUT2D eigenvalue weighted by Gasteiger charge is -2.35. The number of aryl methyl sites for hydroxylation is 2. The van der Waals surface area contributed by atoms with E-state index in [-0.39, 0.29) is 5.41 Å². The SMILES string of the molecule is Cc1ccc2c(c1)c1cc(C)cc3c1n2-c1ccc(-c2cccc4ccccc24)cc1C3(C)C. The lowest BCUT2D eigenvalue weighted by Crippen LogP contribution is -2.26. The van der Waals surface area contributed by atoms with E-state index in [2.05, 4.69) is 123 Å². The molecule has 0 atom stereocenters. The van der Waals surface area contributed by atoms with Gasteiger partial charge in [0.1, 0.15) is 0 Å². The summed E-state index contributed by atoms with van der Waals surface area (Å²) in [5.74, 6) is 0. The molecule has 164 valence electrons. The molecule has 0 radical (unpaired) electrons. The van der Waals surface area contributed by atoms with Crippen LogP contribution in [0.25, 0.3) is 49.4 Å². The molecule has 0 unspecified atom stereocenters. The summed E-state index contributed by atoms with van der Waals surface area (Å²) in [6, 6.07) is 34.0. The molecule has 1 aromatic heterocycles. The Balaban J connectivity index is 1.59. The lowest BCUT2D eigenvalue weighted by atomic mass is 9.73. The van der Waals surface area contributed by atoms with Crippen LogP contribution in [-0.4, -0.2) is 4.57 Å². The van der Waals surface area contributed by atoms with Gasteiger partial charge in [-0.25, -0.2) is 0 Å². The van der Waals surface area contributed by atoms with Crippen molar-refractivity contribution in [2.45, 2.75) is 33.1 Å². The Morgan fingerprint density at radius 1 is 0.618 bits per heavy atom. The van der Waals surface area contributed by atoms with Crippen LogP contribution in [0.5, 0.6) is 0 Å². The fraction of sp³-hybridized carbons (Fsp3) is 0.152. The molecule has 2 heterocycles. The Labute approximate surface area is 200 Å². The highest BCUT2D eigenvalue weighted by molar-refractivity contribution is 6.12. The van der Waals surface area contributed by atoms with Crippen LogP contribution >= 0.6 is 0 Å². The first-order valence-electron chi connectivity index (χ1n) is 12.1. The van der Waals surface area contributed by atoms with Gasteiger partial charge >= 0.3 is 0 Å². The molecule has 0 saturated heterocycles. The van der Waals surface area contributed by atoms with Crippen molar-refractivity contribution >= 4 is 32.6 Å². The Hall–Kier alpha value is -3.84. The molecule has 0 fully saturated rings. The van der Waals surface area contributed by atoms with E-state index in [0.29, 0.717) is 0 Å². The van der Waals surface area contributed by atoms with Gasteiger partial charge in [-0.3, -0.25) is 0 Å². The monoisotopic (exact) mass is 437 g/mol. The van der Waals surface area contributed by atoms with Crippen LogP contribution in [0.4, 0.5) is 0 Å².